The van der Waals surface area contributed by atoms with Crippen LogP contribution in [0.3, 0.4) is 0 Å². The predicted molar refractivity (Wildman–Crippen MR) is 75.3 cm³/mol. The number of hydrogen-bond donors (Lipinski definition) is 2. The predicted octanol–water partition coefficient (Wildman–Crippen LogP) is 1.53. The number of rotatable bonds is 9. The highest BCUT2D eigenvalue weighted by Gasteiger charge is 2.19. The van der Waals surface area contributed by atoms with Gasteiger partial charge in [0.15, 0.2) is 6.04 Å². The van der Waals surface area contributed by atoms with Crippen LogP contribution < -0.4 is 5.32 Å². The van der Waals surface area contributed by atoms with Crippen molar-refractivity contribution in [3.05, 3.63) is 48.3 Å². The summed E-state index contributed by atoms with van der Waals surface area (Å²) in [5.74, 6) is -1.89. The maximum atomic E-state index is 12.7. The van der Waals surface area contributed by atoms with Gasteiger partial charge in [-0.25, -0.2) is 9.18 Å². The molecule has 1 aromatic rings. The summed E-state index contributed by atoms with van der Waals surface area (Å²) in [5, 5.41) is 11.4. The Kier molecular flexibility index (Phi) is 7.11. The maximum absolute atomic E-state index is 12.7. The average Bonchev–Trinajstić information content (AvgIpc) is 2.45. The molecule has 1 atom stereocenters. The van der Waals surface area contributed by atoms with Gasteiger partial charge in [0.25, 0.3) is 0 Å². The summed E-state index contributed by atoms with van der Waals surface area (Å²) in [5.41, 5.74) is 0.807. The Balaban J connectivity index is 2.40. The standard InChI is InChI=1S/C15H18FNO4/c1-2-9-21-10-13(15(19)20)17-14(18)8-5-11-3-6-12(16)7-4-11/h2-4,6-7,13H,1,5,8-10H2,(H,17,18)(H,19,20). The smallest absolute Gasteiger partial charge is 0.328 e. The molecule has 0 aromatic heterocycles. The molecule has 1 rings (SSSR count). The van der Waals surface area contributed by atoms with Crippen LogP contribution in [0.5, 0.6) is 0 Å². The largest absolute Gasteiger partial charge is 0.480 e. The molecule has 2 N–H and O–H groups in total. The van der Waals surface area contributed by atoms with E-state index in [-0.39, 0.29) is 25.5 Å². The lowest BCUT2D eigenvalue weighted by molar-refractivity contribution is -0.143. The molecule has 0 aliphatic carbocycles. The van der Waals surface area contributed by atoms with Gasteiger partial charge < -0.3 is 15.2 Å². The molecule has 0 heterocycles. The number of aliphatic carboxylic acids is 1. The monoisotopic (exact) mass is 295 g/mol. The van der Waals surface area contributed by atoms with Gasteiger partial charge in [0.05, 0.1) is 13.2 Å². The first-order chi connectivity index (χ1) is 10.0. The number of hydrogen-bond acceptors (Lipinski definition) is 3. The summed E-state index contributed by atoms with van der Waals surface area (Å²) in [4.78, 5) is 22.7. The molecular formula is C15H18FNO4. The number of carbonyl (C=O) groups is 2. The number of carbonyl (C=O) groups excluding carboxylic acids is 1. The number of halogens is 1. The summed E-state index contributed by atoms with van der Waals surface area (Å²) in [7, 11) is 0. The lowest BCUT2D eigenvalue weighted by Gasteiger charge is -2.14. The minimum absolute atomic E-state index is 0.121. The van der Waals surface area contributed by atoms with Crippen LogP contribution in [-0.2, 0) is 20.7 Å². The number of nitrogens with one attached hydrogen (secondary N) is 1. The molecule has 0 radical (unpaired) electrons. The SMILES string of the molecule is C=CCOCC(NC(=O)CCc1ccc(F)cc1)C(=O)O. The zero-order chi connectivity index (χ0) is 15.7. The average molecular weight is 295 g/mol. The summed E-state index contributed by atoms with van der Waals surface area (Å²) < 4.78 is 17.8. The van der Waals surface area contributed by atoms with Crippen LogP contribution in [0.4, 0.5) is 4.39 Å². The first kappa shape index (κ1) is 16.8. The molecule has 1 aromatic carbocycles. The van der Waals surface area contributed by atoms with Crippen LogP contribution in [-0.4, -0.2) is 36.2 Å². The van der Waals surface area contributed by atoms with Gasteiger partial charge in [-0.2, -0.15) is 0 Å². The van der Waals surface area contributed by atoms with E-state index in [1.807, 2.05) is 0 Å². The zero-order valence-corrected chi connectivity index (χ0v) is 11.5. The molecule has 0 fully saturated rings. The molecule has 0 bridgehead atoms. The fourth-order valence-electron chi connectivity index (χ4n) is 1.62. The van der Waals surface area contributed by atoms with E-state index in [4.69, 9.17) is 9.84 Å². The second kappa shape index (κ2) is 8.86. The van der Waals surface area contributed by atoms with Crippen molar-refractivity contribution >= 4 is 11.9 Å². The van der Waals surface area contributed by atoms with Crippen LogP contribution in [0.25, 0.3) is 0 Å². The lowest BCUT2D eigenvalue weighted by atomic mass is 10.1. The summed E-state index contributed by atoms with van der Waals surface area (Å²) >= 11 is 0. The molecule has 5 nitrogen and oxygen atoms in total. The van der Waals surface area contributed by atoms with Gasteiger partial charge in [0.1, 0.15) is 5.82 Å². The van der Waals surface area contributed by atoms with Gasteiger partial charge in [0, 0.05) is 6.42 Å². The third kappa shape index (κ3) is 6.67. The van der Waals surface area contributed by atoms with E-state index in [9.17, 15) is 14.0 Å². The fraction of sp³-hybridized carbons (Fsp3) is 0.333. The summed E-state index contributed by atoms with van der Waals surface area (Å²) in [6.07, 6.45) is 2.03. The molecule has 0 aliphatic rings. The van der Waals surface area contributed by atoms with Gasteiger partial charge in [0.2, 0.25) is 5.91 Å². The number of carboxylic acid groups (broad SMARTS) is 1. The van der Waals surface area contributed by atoms with Crippen LogP contribution in [0.1, 0.15) is 12.0 Å². The Morgan fingerprint density at radius 1 is 1.38 bits per heavy atom. The van der Waals surface area contributed by atoms with E-state index in [0.717, 1.165) is 5.56 Å². The first-order valence-corrected chi connectivity index (χ1v) is 6.48. The molecule has 1 unspecified atom stereocenters. The van der Waals surface area contributed by atoms with Crippen LogP contribution >= 0.6 is 0 Å². The second-order valence-electron chi connectivity index (χ2n) is 4.41. The number of amides is 1. The summed E-state index contributed by atoms with van der Waals surface area (Å²) in [6, 6.07) is 4.72. The molecule has 0 saturated heterocycles. The normalized spacial score (nSPS) is 11.7. The van der Waals surface area contributed by atoms with Crippen molar-refractivity contribution in [3.8, 4) is 0 Å². The highest BCUT2D eigenvalue weighted by Crippen LogP contribution is 2.05. The molecule has 0 spiro atoms. The Bertz CT molecular complexity index is 487. The lowest BCUT2D eigenvalue weighted by Crippen LogP contribution is -2.44. The number of benzene rings is 1. The van der Waals surface area contributed by atoms with Crippen LogP contribution in [0.15, 0.2) is 36.9 Å². The Hall–Kier alpha value is -2.21. The van der Waals surface area contributed by atoms with Gasteiger partial charge in [-0.3, -0.25) is 4.79 Å². The van der Waals surface area contributed by atoms with Gasteiger partial charge >= 0.3 is 5.97 Å². The van der Waals surface area contributed by atoms with Crippen molar-refractivity contribution in [2.45, 2.75) is 18.9 Å². The van der Waals surface area contributed by atoms with E-state index in [1.54, 1.807) is 12.1 Å². The maximum Gasteiger partial charge on any atom is 0.328 e. The molecule has 114 valence electrons. The number of ether oxygens (including phenoxy) is 1. The third-order valence-corrected chi connectivity index (χ3v) is 2.71. The highest BCUT2D eigenvalue weighted by molar-refractivity contribution is 5.83. The van der Waals surface area contributed by atoms with E-state index in [0.29, 0.717) is 6.42 Å². The Morgan fingerprint density at radius 3 is 2.62 bits per heavy atom. The highest BCUT2D eigenvalue weighted by atomic mass is 19.1. The van der Waals surface area contributed by atoms with Crippen molar-refractivity contribution in [3.63, 3.8) is 0 Å². The van der Waals surface area contributed by atoms with E-state index >= 15 is 0 Å². The van der Waals surface area contributed by atoms with Crippen LogP contribution in [0.2, 0.25) is 0 Å². The zero-order valence-electron chi connectivity index (χ0n) is 11.5. The van der Waals surface area contributed by atoms with E-state index < -0.39 is 17.9 Å². The quantitative estimate of drug-likeness (QED) is 0.535. The van der Waals surface area contributed by atoms with Crippen molar-refractivity contribution in [2.24, 2.45) is 0 Å². The number of carboxylic acids is 1. The van der Waals surface area contributed by atoms with Crippen LogP contribution in [0, 0.1) is 5.82 Å². The molecule has 0 aliphatic heterocycles. The molecule has 21 heavy (non-hydrogen) atoms. The topological polar surface area (TPSA) is 75.6 Å². The third-order valence-electron chi connectivity index (χ3n) is 2.71. The fourth-order valence-corrected chi connectivity index (χ4v) is 1.62. The molecule has 1 amide bonds. The summed E-state index contributed by atoms with van der Waals surface area (Å²) in [6.45, 7) is 3.54. The molecule has 6 heteroatoms. The van der Waals surface area contributed by atoms with Gasteiger partial charge in [-0.15, -0.1) is 6.58 Å². The first-order valence-electron chi connectivity index (χ1n) is 6.48. The second-order valence-corrected chi connectivity index (χ2v) is 4.41. The van der Waals surface area contributed by atoms with E-state index in [1.165, 1.54) is 18.2 Å². The minimum atomic E-state index is -1.16. The van der Waals surface area contributed by atoms with Gasteiger partial charge in [-0.05, 0) is 24.1 Å². The van der Waals surface area contributed by atoms with Crippen molar-refractivity contribution in [2.75, 3.05) is 13.2 Å². The van der Waals surface area contributed by atoms with E-state index in [2.05, 4.69) is 11.9 Å². The van der Waals surface area contributed by atoms with Gasteiger partial charge in [-0.1, -0.05) is 18.2 Å². The minimum Gasteiger partial charge on any atom is -0.480 e. The Morgan fingerprint density at radius 2 is 2.05 bits per heavy atom. The van der Waals surface area contributed by atoms with Crippen molar-refractivity contribution in [1.82, 2.24) is 5.32 Å². The molecule has 0 saturated carbocycles. The number of aryl methyl sites for hydroxylation is 1. The Labute approximate surface area is 122 Å². The van der Waals surface area contributed by atoms with Crippen molar-refractivity contribution < 1.29 is 23.8 Å². The molecular weight excluding hydrogens is 277 g/mol. The van der Waals surface area contributed by atoms with Crippen molar-refractivity contribution in [1.29, 1.82) is 0 Å².